The van der Waals surface area contributed by atoms with Crippen LogP contribution in [0.3, 0.4) is 0 Å². The predicted octanol–water partition coefficient (Wildman–Crippen LogP) is 2.54. The number of ether oxygens (including phenoxy) is 2. The second kappa shape index (κ2) is 8.88. The fraction of sp³-hybridized carbons (Fsp3) is 0.222. The summed E-state index contributed by atoms with van der Waals surface area (Å²) in [7, 11) is -1.97. The maximum Gasteiger partial charge on any atom is 0.344 e. The fourth-order valence-corrected chi connectivity index (χ4v) is 2.62. The zero-order chi connectivity index (χ0) is 20.0. The number of esters is 1. The van der Waals surface area contributed by atoms with Crippen LogP contribution in [0.25, 0.3) is 0 Å². The van der Waals surface area contributed by atoms with Gasteiger partial charge in [0, 0.05) is 17.6 Å². The van der Waals surface area contributed by atoms with Gasteiger partial charge in [-0.3, -0.25) is 9.10 Å². The summed E-state index contributed by atoms with van der Waals surface area (Å²) < 4.78 is 34.2. The van der Waals surface area contributed by atoms with Gasteiger partial charge in [0.05, 0.1) is 11.9 Å². The summed E-state index contributed by atoms with van der Waals surface area (Å²) in [4.78, 5) is 23.7. The molecule has 27 heavy (non-hydrogen) atoms. The summed E-state index contributed by atoms with van der Waals surface area (Å²) in [5.74, 6) is -0.650. The summed E-state index contributed by atoms with van der Waals surface area (Å²) >= 11 is 5.75. The minimum Gasteiger partial charge on any atom is -0.482 e. The third kappa shape index (κ3) is 6.26. The normalized spacial score (nSPS) is 10.9. The molecule has 0 heterocycles. The average molecular weight is 412 g/mol. The molecule has 0 fully saturated rings. The largest absolute Gasteiger partial charge is 0.482 e. The Morgan fingerprint density at radius 2 is 1.59 bits per heavy atom. The van der Waals surface area contributed by atoms with Crippen LogP contribution in [0.1, 0.15) is 10.4 Å². The Hall–Kier alpha value is -2.58. The van der Waals surface area contributed by atoms with Gasteiger partial charge in [-0.2, -0.15) is 0 Å². The van der Waals surface area contributed by atoms with Crippen molar-refractivity contribution < 1.29 is 27.5 Å². The Labute approximate surface area is 162 Å². The molecule has 0 bridgehead atoms. The van der Waals surface area contributed by atoms with Gasteiger partial charge in [-0.15, -0.1) is 0 Å². The highest BCUT2D eigenvalue weighted by atomic mass is 35.5. The van der Waals surface area contributed by atoms with Crippen LogP contribution in [0, 0.1) is 0 Å². The molecule has 0 N–H and O–H groups in total. The molecule has 0 radical (unpaired) electrons. The molecule has 2 rings (SSSR count). The summed E-state index contributed by atoms with van der Waals surface area (Å²) in [5.41, 5.74) is 0.717. The van der Waals surface area contributed by atoms with Crippen LogP contribution >= 0.6 is 11.6 Å². The number of nitrogens with zero attached hydrogens (tertiary/aromatic N) is 1. The van der Waals surface area contributed by atoms with Crippen molar-refractivity contribution in [1.29, 1.82) is 0 Å². The number of Topliss-reactive ketones (excluding diaryl/α,β-unsaturated/α-hetero) is 1. The lowest BCUT2D eigenvalue weighted by Crippen LogP contribution is -2.24. The molecule has 0 aliphatic heterocycles. The van der Waals surface area contributed by atoms with Crippen LogP contribution in [0.4, 0.5) is 5.69 Å². The SMILES string of the molecule is CN(c1ccc(C(=O)COC(=O)COc2ccc(Cl)cc2)cc1)S(C)(=O)=O. The van der Waals surface area contributed by atoms with E-state index in [1.54, 1.807) is 24.3 Å². The van der Waals surface area contributed by atoms with Gasteiger partial charge in [0.15, 0.2) is 19.0 Å². The Morgan fingerprint density at radius 3 is 2.15 bits per heavy atom. The first kappa shape index (κ1) is 20.7. The molecule has 0 aromatic heterocycles. The predicted molar refractivity (Wildman–Crippen MR) is 102 cm³/mol. The van der Waals surface area contributed by atoms with E-state index in [0.29, 0.717) is 22.0 Å². The van der Waals surface area contributed by atoms with Crippen molar-refractivity contribution >= 4 is 39.1 Å². The molecule has 0 spiro atoms. The number of benzene rings is 2. The van der Waals surface area contributed by atoms with Gasteiger partial charge < -0.3 is 9.47 Å². The van der Waals surface area contributed by atoms with Gasteiger partial charge in [-0.25, -0.2) is 13.2 Å². The van der Waals surface area contributed by atoms with Gasteiger partial charge in [0.25, 0.3) is 0 Å². The van der Waals surface area contributed by atoms with E-state index < -0.39 is 28.4 Å². The zero-order valence-electron chi connectivity index (χ0n) is 14.7. The van der Waals surface area contributed by atoms with Crippen molar-refractivity contribution in [2.75, 3.05) is 30.8 Å². The first-order valence-electron chi connectivity index (χ1n) is 7.78. The second-order valence-electron chi connectivity index (χ2n) is 5.60. The monoisotopic (exact) mass is 411 g/mol. The van der Waals surface area contributed by atoms with Crippen molar-refractivity contribution in [2.24, 2.45) is 0 Å². The minimum absolute atomic E-state index is 0.298. The summed E-state index contributed by atoms with van der Waals surface area (Å²) in [5, 5.41) is 0.546. The van der Waals surface area contributed by atoms with Gasteiger partial charge >= 0.3 is 5.97 Å². The molecule has 144 valence electrons. The van der Waals surface area contributed by atoms with E-state index in [9.17, 15) is 18.0 Å². The number of ketones is 1. The van der Waals surface area contributed by atoms with Crippen LogP contribution in [0.15, 0.2) is 48.5 Å². The van der Waals surface area contributed by atoms with E-state index in [4.69, 9.17) is 21.1 Å². The lowest BCUT2D eigenvalue weighted by molar-refractivity contribution is -0.144. The Kier molecular flexibility index (Phi) is 6.81. The Bertz CT molecular complexity index is 910. The number of rotatable bonds is 8. The van der Waals surface area contributed by atoms with Gasteiger partial charge in [-0.1, -0.05) is 11.6 Å². The van der Waals surface area contributed by atoms with Gasteiger partial charge in [0.1, 0.15) is 5.75 Å². The molecular weight excluding hydrogens is 394 g/mol. The molecule has 2 aromatic rings. The molecule has 0 amide bonds. The van der Waals surface area contributed by atoms with Gasteiger partial charge in [0.2, 0.25) is 10.0 Å². The first-order valence-corrected chi connectivity index (χ1v) is 10.0. The van der Waals surface area contributed by atoms with Crippen molar-refractivity contribution in [3.05, 3.63) is 59.1 Å². The van der Waals surface area contributed by atoms with Crippen LogP contribution in [0.5, 0.6) is 5.75 Å². The number of carbonyl (C=O) groups is 2. The lowest BCUT2D eigenvalue weighted by atomic mass is 10.1. The molecule has 0 saturated carbocycles. The smallest absolute Gasteiger partial charge is 0.344 e. The van der Waals surface area contributed by atoms with Gasteiger partial charge in [-0.05, 0) is 48.5 Å². The Morgan fingerprint density at radius 1 is 1.00 bits per heavy atom. The van der Waals surface area contributed by atoms with Crippen LogP contribution in [-0.2, 0) is 19.6 Å². The third-order valence-corrected chi connectivity index (χ3v) is 5.04. The molecule has 0 unspecified atom stereocenters. The summed E-state index contributed by atoms with van der Waals surface area (Å²) in [6.07, 6.45) is 1.08. The van der Waals surface area contributed by atoms with E-state index in [1.165, 1.54) is 31.3 Å². The molecule has 0 aliphatic carbocycles. The molecule has 7 nitrogen and oxygen atoms in total. The van der Waals surface area contributed by atoms with E-state index in [0.717, 1.165) is 10.6 Å². The zero-order valence-corrected chi connectivity index (χ0v) is 16.3. The highest BCUT2D eigenvalue weighted by molar-refractivity contribution is 7.92. The quantitative estimate of drug-likeness (QED) is 0.489. The number of anilines is 1. The molecule has 0 atom stereocenters. The van der Waals surface area contributed by atoms with Crippen molar-refractivity contribution in [3.8, 4) is 5.75 Å². The van der Waals surface area contributed by atoms with E-state index in [2.05, 4.69) is 0 Å². The lowest BCUT2D eigenvalue weighted by Gasteiger charge is -2.16. The maximum atomic E-state index is 12.1. The molecule has 0 aliphatic rings. The standard InChI is InChI=1S/C18H18ClNO6S/c1-20(27(2,23)24)15-7-3-13(4-8-15)17(21)11-26-18(22)12-25-16-9-5-14(19)6-10-16/h3-10H,11-12H2,1-2H3. The van der Waals surface area contributed by atoms with Crippen LogP contribution in [-0.4, -0.2) is 46.7 Å². The van der Waals surface area contributed by atoms with Crippen molar-refractivity contribution in [2.45, 2.75) is 0 Å². The van der Waals surface area contributed by atoms with Crippen LogP contribution in [0.2, 0.25) is 5.02 Å². The maximum absolute atomic E-state index is 12.1. The number of halogens is 1. The second-order valence-corrected chi connectivity index (χ2v) is 8.05. The first-order chi connectivity index (χ1) is 12.7. The number of hydrogen-bond acceptors (Lipinski definition) is 6. The fourth-order valence-electron chi connectivity index (χ4n) is 1.99. The Balaban J connectivity index is 1.84. The highest BCUT2D eigenvalue weighted by Crippen LogP contribution is 2.17. The van der Waals surface area contributed by atoms with E-state index >= 15 is 0 Å². The number of hydrogen-bond donors (Lipinski definition) is 0. The molecule has 9 heteroatoms. The third-order valence-electron chi connectivity index (χ3n) is 3.58. The van der Waals surface area contributed by atoms with Crippen molar-refractivity contribution in [1.82, 2.24) is 0 Å². The number of sulfonamides is 1. The molecule has 2 aromatic carbocycles. The minimum atomic E-state index is -3.38. The topological polar surface area (TPSA) is 90.0 Å². The average Bonchev–Trinajstić information content (AvgIpc) is 2.64. The highest BCUT2D eigenvalue weighted by Gasteiger charge is 2.14. The summed E-state index contributed by atoms with van der Waals surface area (Å²) in [6.45, 7) is -0.781. The van der Waals surface area contributed by atoms with Crippen molar-refractivity contribution in [3.63, 3.8) is 0 Å². The molecule has 0 saturated heterocycles. The van der Waals surface area contributed by atoms with Crippen LogP contribution < -0.4 is 9.04 Å². The summed E-state index contributed by atoms with van der Waals surface area (Å²) in [6, 6.07) is 12.4. The van der Waals surface area contributed by atoms with E-state index in [1.807, 2.05) is 0 Å². The number of carbonyl (C=O) groups excluding carboxylic acids is 2. The van der Waals surface area contributed by atoms with E-state index in [-0.39, 0.29) is 6.61 Å². The molecular formula is C18H18ClNO6S.